The smallest absolute Gasteiger partial charge is 0.214 e. The molecule has 0 spiro atoms. The van der Waals surface area contributed by atoms with Gasteiger partial charge in [-0.2, -0.15) is 0 Å². The number of hydrogen-bond acceptors (Lipinski definition) is 3. The Bertz CT molecular complexity index is 313. The molecule has 2 rings (SSSR count). The number of pyridine rings is 1. The van der Waals surface area contributed by atoms with Crippen LogP contribution in [0.2, 0.25) is 0 Å². The Morgan fingerprint density at radius 3 is 3.20 bits per heavy atom. The SMILES string of the molecule is Brc1cccc(OC[C@H]2CCCNC2)n1. The molecule has 1 aliphatic rings. The van der Waals surface area contributed by atoms with E-state index in [1.807, 2.05) is 18.2 Å². The topological polar surface area (TPSA) is 34.1 Å². The van der Waals surface area contributed by atoms with Gasteiger partial charge in [-0.15, -0.1) is 0 Å². The van der Waals surface area contributed by atoms with E-state index < -0.39 is 0 Å². The lowest BCUT2D eigenvalue weighted by molar-refractivity contribution is 0.212. The zero-order valence-electron chi connectivity index (χ0n) is 8.58. The molecule has 15 heavy (non-hydrogen) atoms. The Kier molecular flexibility index (Phi) is 3.97. The summed E-state index contributed by atoms with van der Waals surface area (Å²) in [6.07, 6.45) is 2.50. The predicted octanol–water partition coefficient (Wildman–Crippen LogP) is 2.22. The molecule has 0 saturated carbocycles. The summed E-state index contributed by atoms with van der Waals surface area (Å²) in [5.74, 6) is 1.33. The van der Waals surface area contributed by atoms with Gasteiger partial charge in [-0.3, -0.25) is 0 Å². The van der Waals surface area contributed by atoms with Crippen LogP contribution in [0, 0.1) is 5.92 Å². The molecule has 1 atom stereocenters. The van der Waals surface area contributed by atoms with Crippen molar-refractivity contribution in [1.29, 1.82) is 0 Å². The highest BCUT2D eigenvalue weighted by molar-refractivity contribution is 9.10. The first-order valence-electron chi connectivity index (χ1n) is 5.30. The lowest BCUT2D eigenvalue weighted by atomic mass is 10.0. The van der Waals surface area contributed by atoms with E-state index in [0.717, 1.165) is 24.3 Å². The van der Waals surface area contributed by atoms with Crippen molar-refractivity contribution >= 4 is 15.9 Å². The van der Waals surface area contributed by atoms with Gasteiger partial charge in [0, 0.05) is 18.5 Å². The number of aromatic nitrogens is 1. The fourth-order valence-electron chi connectivity index (χ4n) is 1.74. The minimum atomic E-state index is 0.625. The van der Waals surface area contributed by atoms with Gasteiger partial charge in [-0.1, -0.05) is 6.07 Å². The zero-order chi connectivity index (χ0) is 10.5. The highest BCUT2D eigenvalue weighted by Gasteiger charge is 2.13. The van der Waals surface area contributed by atoms with Crippen LogP contribution in [0.4, 0.5) is 0 Å². The predicted molar refractivity (Wildman–Crippen MR) is 63.0 cm³/mol. The van der Waals surface area contributed by atoms with Gasteiger partial charge >= 0.3 is 0 Å². The van der Waals surface area contributed by atoms with Crippen molar-refractivity contribution in [2.24, 2.45) is 5.92 Å². The van der Waals surface area contributed by atoms with Crippen molar-refractivity contribution < 1.29 is 4.74 Å². The molecule has 0 aromatic carbocycles. The molecule has 82 valence electrons. The van der Waals surface area contributed by atoms with Gasteiger partial charge in [-0.05, 0) is 41.4 Å². The van der Waals surface area contributed by atoms with Gasteiger partial charge < -0.3 is 10.1 Å². The van der Waals surface area contributed by atoms with E-state index in [1.165, 1.54) is 12.8 Å². The van der Waals surface area contributed by atoms with E-state index >= 15 is 0 Å². The van der Waals surface area contributed by atoms with E-state index in [1.54, 1.807) is 0 Å². The number of hydrogen-bond donors (Lipinski definition) is 1. The maximum Gasteiger partial charge on any atom is 0.214 e. The van der Waals surface area contributed by atoms with Crippen LogP contribution in [0.25, 0.3) is 0 Å². The van der Waals surface area contributed by atoms with Crippen molar-refractivity contribution in [1.82, 2.24) is 10.3 Å². The van der Waals surface area contributed by atoms with Crippen LogP contribution >= 0.6 is 15.9 Å². The Labute approximate surface area is 98.4 Å². The van der Waals surface area contributed by atoms with Crippen LogP contribution < -0.4 is 10.1 Å². The number of piperidine rings is 1. The minimum absolute atomic E-state index is 0.625. The molecule has 3 nitrogen and oxygen atoms in total. The maximum absolute atomic E-state index is 5.65. The van der Waals surface area contributed by atoms with Gasteiger partial charge in [0.05, 0.1) is 6.61 Å². The highest BCUT2D eigenvalue weighted by atomic mass is 79.9. The van der Waals surface area contributed by atoms with Crippen molar-refractivity contribution in [3.05, 3.63) is 22.8 Å². The Morgan fingerprint density at radius 1 is 1.53 bits per heavy atom. The molecule has 2 heterocycles. The molecule has 1 aromatic rings. The zero-order valence-corrected chi connectivity index (χ0v) is 10.2. The van der Waals surface area contributed by atoms with E-state index in [2.05, 4.69) is 26.2 Å². The van der Waals surface area contributed by atoms with Crippen molar-refractivity contribution in [2.75, 3.05) is 19.7 Å². The monoisotopic (exact) mass is 270 g/mol. The number of ether oxygens (including phenoxy) is 1. The number of rotatable bonds is 3. The normalized spacial score (nSPS) is 21.3. The fourth-order valence-corrected chi connectivity index (χ4v) is 2.07. The molecule has 1 fully saturated rings. The van der Waals surface area contributed by atoms with Crippen molar-refractivity contribution in [3.63, 3.8) is 0 Å². The molecule has 4 heteroatoms. The third-order valence-electron chi connectivity index (χ3n) is 2.56. The highest BCUT2D eigenvalue weighted by Crippen LogP contribution is 2.15. The molecule has 0 unspecified atom stereocenters. The van der Waals surface area contributed by atoms with Crippen LogP contribution in [0.3, 0.4) is 0 Å². The van der Waals surface area contributed by atoms with Crippen molar-refractivity contribution in [3.8, 4) is 5.88 Å². The Balaban J connectivity index is 1.81. The summed E-state index contributed by atoms with van der Waals surface area (Å²) >= 11 is 3.32. The molecule has 0 radical (unpaired) electrons. The second-order valence-electron chi connectivity index (χ2n) is 3.82. The van der Waals surface area contributed by atoms with Gasteiger partial charge in [0.2, 0.25) is 5.88 Å². The molecule has 0 bridgehead atoms. The minimum Gasteiger partial charge on any atom is -0.477 e. The first kappa shape index (κ1) is 10.9. The first-order chi connectivity index (χ1) is 7.34. The maximum atomic E-state index is 5.65. The Hall–Kier alpha value is -0.610. The molecular formula is C11H15BrN2O. The van der Waals surface area contributed by atoms with Gasteiger partial charge in [0.15, 0.2) is 0 Å². The first-order valence-corrected chi connectivity index (χ1v) is 6.10. The van der Waals surface area contributed by atoms with E-state index in [-0.39, 0.29) is 0 Å². The summed E-state index contributed by atoms with van der Waals surface area (Å²) < 4.78 is 6.47. The lowest BCUT2D eigenvalue weighted by Gasteiger charge is -2.22. The standard InChI is InChI=1S/C11H15BrN2O/c12-10-4-1-5-11(14-10)15-8-9-3-2-6-13-7-9/h1,4-5,9,13H,2-3,6-8H2/t9-/m0/s1. The summed E-state index contributed by atoms with van der Waals surface area (Å²) in [7, 11) is 0. The van der Waals surface area contributed by atoms with E-state index in [9.17, 15) is 0 Å². The average molecular weight is 271 g/mol. The largest absolute Gasteiger partial charge is 0.477 e. The average Bonchev–Trinajstić information content (AvgIpc) is 2.28. The molecule has 1 N–H and O–H groups in total. The quantitative estimate of drug-likeness (QED) is 0.856. The molecule has 1 saturated heterocycles. The van der Waals surface area contributed by atoms with Crippen LogP contribution in [0.1, 0.15) is 12.8 Å². The van der Waals surface area contributed by atoms with Gasteiger partial charge in [0.1, 0.15) is 4.60 Å². The molecule has 0 amide bonds. The third-order valence-corrected chi connectivity index (χ3v) is 3.00. The van der Waals surface area contributed by atoms with Crippen LogP contribution in [-0.2, 0) is 0 Å². The van der Waals surface area contributed by atoms with Crippen LogP contribution in [0.5, 0.6) is 5.88 Å². The summed E-state index contributed by atoms with van der Waals surface area (Å²) in [6.45, 7) is 2.97. The van der Waals surface area contributed by atoms with Crippen LogP contribution in [0.15, 0.2) is 22.8 Å². The second-order valence-corrected chi connectivity index (χ2v) is 4.63. The lowest BCUT2D eigenvalue weighted by Crippen LogP contribution is -2.33. The number of halogens is 1. The molecular weight excluding hydrogens is 256 g/mol. The van der Waals surface area contributed by atoms with E-state index in [4.69, 9.17) is 4.74 Å². The van der Waals surface area contributed by atoms with Crippen LogP contribution in [-0.4, -0.2) is 24.7 Å². The number of nitrogens with zero attached hydrogens (tertiary/aromatic N) is 1. The fraction of sp³-hybridized carbons (Fsp3) is 0.545. The van der Waals surface area contributed by atoms with E-state index in [0.29, 0.717) is 11.8 Å². The van der Waals surface area contributed by atoms with Gasteiger partial charge in [-0.25, -0.2) is 4.98 Å². The molecule has 0 aliphatic carbocycles. The van der Waals surface area contributed by atoms with Crippen molar-refractivity contribution in [2.45, 2.75) is 12.8 Å². The Morgan fingerprint density at radius 2 is 2.47 bits per heavy atom. The number of nitrogens with one attached hydrogen (secondary N) is 1. The summed E-state index contributed by atoms with van der Waals surface area (Å²) in [5, 5.41) is 3.37. The third kappa shape index (κ3) is 3.47. The summed E-state index contributed by atoms with van der Waals surface area (Å²) in [4.78, 5) is 4.23. The second kappa shape index (κ2) is 5.47. The van der Waals surface area contributed by atoms with Gasteiger partial charge in [0.25, 0.3) is 0 Å². The molecule has 1 aromatic heterocycles. The molecule has 1 aliphatic heterocycles. The summed E-state index contributed by atoms with van der Waals surface area (Å²) in [5.41, 5.74) is 0. The summed E-state index contributed by atoms with van der Waals surface area (Å²) in [6, 6.07) is 5.72.